The normalized spacial score (nSPS) is 11.3. The van der Waals surface area contributed by atoms with E-state index in [0.717, 1.165) is 0 Å². The van der Waals surface area contributed by atoms with E-state index < -0.39 is 16.3 Å². The minimum absolute atomic E-state index is 0.206. The molecule has 132 valence electrons. The fourth-order valence-electron chi connectivity index (χ4n) is 2.46. The van der Waals surface area contributed by atoms with Gasteiger partial charge in [0.2, 0.25) is 5.43 Å². The van der Waals surface area contributed by atoms with Gasteiger partial charge in [-0.15, -0.1) is 0 Å². The van der Waals surface area contributed by atoms with Crippen LogP contribution in [0.2, 0.25) is 0 Å². The second-order valence-corrected chi connectivity index (χ2v) is 5.34. The van der Waals surface area contributed by atoms with Gasteiger partial charge >= 0.3 is 11.9 Å². The van der Waals surface area contributed by atoms with Crippen molar-refractivity contribution in [2.45, 2.75) is 13.5 Å². The number of carboxylic acids is 1. The van der Waals surface area contributed by atoms with Crippen molar-refractivity contribution < 1.29 is 19.2 Å². The van der Waals surface area contributed by atoms with Gasteiger partial charge in [-0.25, -0.2) is 9.78 Å². The van der Waals surface area contributed by atoms with E-state index in [1.165, 1.54) is 30.5 Å². The van der Waals surface area contributed by atoms with Crippen molar-refractivity contribution in [3.05, 3.63) is 67.8 Å². The Hall–Kier alpha value is -3.75. The Morgan fingerprint density at radius 1 is 1.35 bits per heavy atom. The number of aromatic carboxylic acids is 1. The molecule has 0 spiro atoms. The maximum Gasteiger partial charge on any atom is 0.433 e. The van der Waals surface area contributed by atoms with E-state index in [0.29, 0.717) is 17.9 Å². The Kier molecular flexibility index (Phi) is 4.36. The molecule has 0 amide bonds. The summed E-state index contributed by atoms with van der Waals surface area (Å²) in [4.78, 5) is 37.8. The van der Waals surface area contributed by atoms with E-state index in [4.69, 9.17) is 9.52 Å². The lowest BCUT2D eigenvalue weighted by Crippen LogP contribution is -2.19. The minimum Gasteiger partial charge on any atom is -0.477 e. The smallest absolute Gasteiger partial charge is 0.433 e. The summed E-state index contributed by atoms with van der Waals surface area (Å²) >= 11 is 0. The summed E-state index contributed by atoms with van der Waals surface area (Å²) in [5.41, 5.74) is -0.0643. The lowest BCUT2D eigenvalue weighted by Gasteiger charge is -2.09. The summed E-state index contributed by atoms with van der Waals surface area (Å²) in [7, 11) is 0. The van der Waals surface area contributed by atoms with Crippen molar-refractivity contribution in [3.63, 3.8) is 0 Å². The number of nitro groups is 1. The molecule has 9 nitrogen and oxygen atoms in total. The van der Waals surface area contributed by atoms with E-state index in [1.807, 2.05) is 6.92 Å². The first-order valence-corrected chi connectivity index (χ1v) is 7.60. The number of hydrogen-bond donors (Lipinski definition) is 1. The lowest BCUT2D eigenvalue weighted by atomic mass is 10.1. The number of hydrogen-bond acceptors (Lipinski definition) is 6. The number of nitrogens with zero attached hydrogens (tertiary/aromatic N) is 3. The Morgan fingerprint density at radius 2 is 2.12 bits per heavy atom. The van der Waals surface area contributed by atoms with Crippen LogP contribution in [0.25, 0.3) is 23.2 Å². The van der Waals surface area contributed by atoms with Gasteiger partial charge in [-0.3, -0.25) is 14.9 Å². The number of rotatable bonds is 5. The molecule has 3 rings (SSSR count). The number of carbonyl (C=O) groups is 1. The summed E-state index contributed by atoms with van der Waals surface area (Å²) in [6.07, 6.45) is 4.36. The highest BCUT2D eigenvalue weighted by atomic mass is 16.6. The molecule has 9 heteroatoms. The quantitative estimate of drug-likeness (QED) is 0.550. The first-order valence-electron chi connectivity index (χ1n) is 7.60. The van der Waals surface area contributed by atoms with Crippen molar-refractivity contribution >= 4 is 35.0 Å². The fraction of sp³-hybridized carbons (Fsp3) is 0.118. The standard InChI is InChI=1S/C17H13N3O6/c1-2-19-9-13(17(22)23)15(21)12-7-4-10(18-16(12)19)3-5-11-6-8-14(26-11)20(24)25/h3-9H,2H2,1H3,(H,22,23). The molecule has 0 bridgehead atoms. The van der Waals surface area contributed by atoms with Crippen LogP contribution in [-0.2, 0) is 6.54 Å². The van der Waals surface area contributed by atoms with Crippen molar-refractivity contribution in [3.8, 4) is 0 Å². The third-order valence-corrected chi connectivity index (χ3v) is 3.72. The van der Waals surface area contributed by atoms with Crippen molar-refractivity contribution in [2.75, 3.05) is 0 Å². The number of carboxylic acid groups (broad SMARTS) is 1. The SMILES string of the molecule is CCn1cc(C(=O)O)c(=O)c2ccc(C=Cc3ccc([N+](=O)[O-])o3)nc21. The van der Waals surface area contributed by atoms with E-state index in [9.17, 15) is 19.7 Å². The Labute approximate surface area is 146 Å². The summed E-state index contributed by atoms with van der Waals surface area (Å²) in [6, 6.07) is 5.77. The number of aryl methyl sites for hydroxylation is 1. The predicted molar refractivity (Wildman–Crippen MR) is 92.9 cm³/mol. The molecule has 0 aromatic carbocycles. The van der Waals surface area contributed by atoms with Crippen molar-refractivity contribution in [1.82, 2.24) is 9.55 Å². The van der Waals surface area contributed by atoms with Crippen LogP contribution in [0.4, 0.5) is 5.88 Å². The van der Waals surface area contributed by atoms with E-state index in [1.54, 1.807) is 16.7 Å². The van der Waals surface area contributed by atoms with Crippen LogP contribution in [0, 0.1) is 10.1 Å². The molecule has 0 aliphatic rings. The minimum atomic E-state index is -1.29. The van der Waals surface area contributed by atoms with Gasteiger partial charge in [-0.2, -0.15) is 0 Å². The molecule has 3 aromatic heterocycles. The van der Waals surface area contributed by atoms with Crippen LogP contribution in [0.1, 0.15) is 28.7 Å². The van der Waals surface area contributed by atoms with Crippen LogP contribution < -0.4 is 5.43 Å². The molecule has 0 aliphatic heterocycles. The maximum absolute atomic E-state index is 12.3. The molecule has 26 heavy (non-hydrogen) atoms. The Morgan fingerprint density at radius 3 is 2.73 bits per heavy atom. The molecule has 1 N–H and O–H groups in total. The lowest BCUT2D eigenvalue weighted by molar-refractivity contribution is -0.402. The zero-order valence-corrected chi connectivity index (χ0v) is 13.6. The molecule has 0 unspecified atom stereocenters. The third-order valence-electron chi connectivity index (χ3n) is 3.72. The number of pyridine rings is 2. The monoisotopic (exact) mass is 355 g/mol. The predicted octanol–water partition coefficient (Wildman–Crippen LogP) is 2.79. The number of furan rings is 1. The molecule has 0 saturated carbocycles. The highest BCUT2D eigenvalue weighted by molar-refractivity contribution is 5.92. The molecule has 0 fully saturated rings. The third kappa shape index (κ3) is 3.09. The van der Waals surface area contributed by atoms with Crippen LogP contribution in [0.3, 0.4) is 0 Å². The van der Waals surface area contributed by atoms with Crippen LogP contribution in [-0.4, -0.2) is 25.6 Å². The molecule has 3 aromatic rings. The van der Waals surface area contributed by atoms with Gasteiger partial charge in [0.1, 0.15) is 21.9 Å². The molecule has 0 atom stereocenters. The summed E-state index contributed by atoms with van der Waals surface area (Å²) in [5, 5.41) is 20.0. The van der Waals surface area contributed by atoms with Gasteiger partial charge in [0.25, 0.3) is 0 Å². The van der Waals surface area contributed by atoms with E-state index >= 15 is 0 Å². The average molecular weight is 355 g/mol. The summed E-state index contributed by atoms with van der Waals surface area (Å²) in [6.45, 7) is 2.24. The maximum atomic E-state index is 12.3. The largest absolute Gasteiger partial charge is 0.477 e. The van der Waals surface area contributed by atoms with Crippen LogP contribution in [0.5, 0.6) is 0 Å². The second kappa shape index (κ2) is 6.63. The fourth-order valence-corrected chi connectivity index (χ4v) is 2.46. The summed E-state index contributed by atoms with van der Waals surface area (Å²) in [5.74, 6) is -1.37. The average Bonchev–Trinajstić information content (AvgIpc) is 3.09. The zero-order valence-electron chi connectivity index (χ0n) is 13.6. The molecular weight excluding hydrogens is 342 g/mol. The highest BCUT2D eigenvalue weighted by Crippen LogP contribution is 2.18. The second-order valence-electron chi connectivity index (χ2n) is 5.34. The van der Waals surface area contributed by atoms with Gasteiger partial charge < -0.3 is 14.1 Å². The Balaban J connectivity index is 2.04. The van der Waals surface area contributed by atoms with Gasteiger partial charge in [0.05, 0.1) is 17.1 Å². The molecule has 0 aliphatic carbocycles. The van der Waals surface area contributed by atoms with E-state index in [2.05, 4.69) is 4.98 Å². The highest BCUT2D eigenvalue weighted by Gasteiger charge is 2.15. The molecule has 3 heterocycles. The zero-order chi connectivity index (χ0) is 18.8. The first-order chi connectivity index (χ1) is 12.4. The van der Waals surface area contributed by atoms with E-state index in [-0.39, 0.29) is 22.6 Å². The number of aromatic nitrogens is 2. The van der Waals surface area contributed by atoms with Gasteiger partial charge in [0.15, 0.2) is 0 Å². The Bertz CT molecular complexity index is 1110. The molecule has 0 saturated heterocycles. The molecular formula is C17H13N3O6. The summed E-state index contributed by atoms with van der Waals surface area (Å²) < 4.78 is 6.60. The van der Waals surface area contributed by atoms with Gasteiger partial charge in [-0.05, 0) is 37.3 Å². The van der Waals surface area contributed by atoms with Gasteiger partial charge in [0, 0.05) is 12.7 Å². The topological polar surface area (TPSA) is 128 Å². The van der Waals surface area contributed by atoms with Gasteiger partial charge in [-0.1, -0.05) is 0 Å². The van der Waals surface area contributed by atoms with Crippen molar-refractivity contribution in [2.24, 2.45) is 0 Å². The molecule has 0 radical (unpaired) electrons. The first kappa shape index (κ1) is 17.1. The van der Waals surface area contributed by atoms with Crippen molar-refractivity contribution in [1.29, 1.82) is 0 Å². The van der Waals surface area contributed by atoms with Crippen LogP contribution in [0.15, 0.2) is 39.7 Å². The number of fused-ring (bicyclic) bond motifs is 1. The van der Waals surface area contributed by atoms with Crippen LogP contribution >= 0.6 is 0 Å².